The molecule has 2 heterocycles. The van der Waals surface area contributed by atoms with Crippen LogP contribution in [0.4, 0.5) is 0 Å². The lowest BCUT2D eigenvalue weighted by Crippen LogP contribution is -2.40. The Morgan fingerprint density at radius 3 is 2.72 bits per heavy atom. The summed E-state index contributed by atoms with van der Waals surface area (Å²) in [6, 6.07) is 9.55. The molecule has 0 bridgehead atoms. The molecular formula is C21H29N5O3. The van der Waals surface area contributed by atoms with Gasteiger partial charge in [-0.05, 0) is 24.1 Å². The van der Waals surface area contributed by atoms with Crippen molar-refractivity contribution in [1.82, 2.24) is 24.9 Å². The number of nitrogens with one attached hydrogen (secondary N) is 1. The molecule has 2 amide bonds. The number of ether oxygens (including phenoxy) is 1. The Bertz CT molecular complexity index is 802. The molecule has 0 radical (unpaired) electrons. The monoisotopic (exact) mass is 399 g/mol. The van der Waals surface area contributed by atoms with Gasteiger partial charge in [0.2, 0.25) is 11.8 Å². The summed E-state index contributed by atoms with van der Waals surface area (Å²) in [4.78, 5) is 28.5. The molecule has 0 aliphatic carbocycles. The third-order valence-corrected chi connectivity index (χ3v) is 5.03. The summed E-state index contributed by atoms with van der Waals surface area (Å²) in [5.74, 6) is -0.344. The fourth-order valence-corrected chi connectivity index (χ4v) is 3.35. The van der Waals surface area contributed by atoms with Crippen LogP contribution < -0.4 is 5.32 Å². The van der Waals surface area contributed by atoms with E-state index in [2.05, 4.69) is 27.4 Å². The Morgan fingerprint density at radius 1 is 1.24 bits per heavy atom. The molecule has 1 aliphatic rings. The number of aromatic nitrogens is 2. The summed E-state index contributed by atoms with van der Waals surface area (Å²) >= 11 is 0. The third kappa shape index (κ3) is 6.13. The Morgan fingerprint density at radius 2 is 2.00 bits per heavy atom. The Labute approximate surface area is 171 Å². The number of morpholine rings is 1. The molecule has 1 fully saturated rings. The highest BCUT2D eigenvalue weighted by atomic mass is 16.5. The molecule has 156 valence electrons. The molecule has 1 saturated heterocycles. The predicted molar refractivity (Wildman–Crippen MR) is 109 cm³/mol. The smallest absolute Gasteiger partial charge is 0.247 e. The van der Waals surface area contributed by atoms with Gasteiger partial charge >= 0.3 is 0 Å². The molecule has 2 aromatic rings. The van der Waals surface area contributed by atoms with E-state index in [1.807, 2.05) is 12.1 Å². The summed E-state index contributed by atoms with van der Waals surface area (Å²) in [5, 5.41) is 6.98. The number of carbonyl (C=O) groups is 2. The summed E-state index contributed by atoms with van der Waals surface area (Å²) in [6.07, 6.45) is 3.37. The van der Waals surface area contributed by atoms with Gasteiger partial charge in [-0.1, -0.05) is 24.3 Å². The molecule has 29 heavy (non-hydrogen) atoms. The van der Waals surface area contributed by atoms with E-state index in [1.165, 1.54) is 10.5 Å². The molecule has 1 aliphatic heterocycles. The molecule has 1 unspecified atom stereocenters. The minimum Gasteiger partial charge on any atom is -0.379 e. The maximum atomic E-state index is 12.5. The second-order valence-electron chi connectivity index (χ2n) is 7.34. The lowest BCUT2D eigenvalue weighted by molar-refractivity contribution is -0.137. The highest BCUT2D eigenvalue weighted by molar-refractivity contribution is 5.86. The summed E-state index contributed by atoms with van der Waals surface area (Å²) in [6.45, 7) is 6.54. The number of hydrogen-bond acceptors (Lipinski definition) is 5. The molecule has 3 rings (SSSR count). The van der Waals surface area contributed by atoms with Crippen LogP contribution in [-0.2, 0) is 27.4 Å². The SMILES string of the molecule is CC(C(=O)N(C)CC(=O)NCc1cccc(CN2CCOCC2)c1)n1cccn1. The van der Waals surface area contributed by atoms with Crippen molar-refractivity contribution in [1.29, 1.82) is 0 Å². The average Bonchev–Trinajstić information content (AvgIpc) is 3.27. The highest BCUT2D eigenvalue weighted by Gasteiger charge is 2.21. The van der Waals surface area contributed by atoms with Gasteiger partial charge in [-0.15, -0.1) is 0 Å². The second-order valence-corrected chi connectivity index (χ2v) is 7.34. The van der Waals surface area contributed by atoms with Crippen LogP contribution in [0.1, 0.15) is 24.1 Å². The van der Waals surface area contributed by atoms with Crippen LogP contribution in [-0.4, -0.2) is 71.3 Å². The first-order valence-corrected chi connectivity index (χ1v) is 9.91. The number of nitrogens with zero attached hydrogens (tertiary/aromatic N) is 4. The van der Waals surface area contributed by atoms with Crippen molar-refractivity contribution >= 4 is 11.8 Å². The molecule has 1 aromatic heterocycles. The summed E-state index contributed by atoms with van der Waals surface area (Å²) in [7, 11) is 1.63. The van der Waals surface area contributed by atoms with E-state index in [0.29, 0.717) is 6.54 Å². The molecule has 8 nitrogen and oxygen atoms in total. The lowest BCUT2D eigenvalue weighted by atomic mass is 10.1. The molecular weight excluding hydrogens is 370 g/mol. The molecule has 1 atom stereocenters. The third-order valence-electron chi connectivity index (χ3n) is 5.03. The minimum absolute atomic E-state index is 0.0118. The van der Waals surface area contributed by atoms with Crippen molar-refractivity contribution in [3.63, 3.8) is 0 Å². The van der Waals surface area contributed by atoms with Gasteiger partial charge in [0.05, 0.1) is 19.8 Å². The van der Waals surface area contributed by atoms with Crippen LogP contribution in [0.25, 0.3) is 0 Å². The average molecular weight is 399 g/mol. The van der Waals surface area contributed by atoms with E-state index in [-0.39, 0.29) is 18.4 Å². The molecule has 1 aromatic carbocycles. The summed E-state index contributed by atoms with van der Waals surface area (Å²) < 4.78 is 6.97. The second kappa shape index (κ2) is 10.2. The van der Waals surface area contributed by atoms with Gasteiger partial charge in [-0.2, -0.15) is 5.10 Å². The first-order valence-electron chi connectivity index (χ1n) is 9.91. The summed E-state index contributed by atoms with van der Waals surface area (Å²) in [5.41, 5.74) is 2.27. The first kappa shape index (κ1) is 21.0. The maximum Gasteiger partial charge on any atom is 0.247 e. The van der Waals surface area contributed by atoms with Crippen LogP contribution in [0.5, 0.6) is 0 Å². The van der Waals surface area contributed by atoms with Gasteiger partial charge in [-0.3, -0.25) is 19.2 Å². The molecule has 8 heteroatoms. The van der Waals surface area contributed by atoms with E-state index in [1.54, 1.807) is 37.1 Å². The molecule has 0 saturated carbocycles. The van der Waals surface area contributed by atoms with E-state index in [4.69, 9.17) is 4.74 Å². The van der Waals surface area contributed by atoms with Crippen molar-refractivity contribution in [3.05, 3.63) is 53.9 Å². The van der Waals surface area contributed by atoms with Crippen molar-refractivity contribution < 1.29 is 14.3 Å². The number of hydrogen-bond donors (Lipinski definition) is 1. The van der Waals surface area contributed by atoms with Gasteiger partial charge in [0.1, 0.15) is 6.04 Å². The largest absolute Gasteiger partial charge is 0.379 e. The van der Waals surface area contributed by atoms with Gasteiger partial charge < -0.3 is 15.0 Å². The zero-order valence-electron chi connectivity index (χ0n) is 17.1. The molecule has 0 spiro atoms. The van der Waals surface area contributed by atoms with Gasteiger partial charge in [0.15, 0.2) is 0 Å². The number of carbonyl (C=O) groups excluding carboxylic acids is 2. The number of rotatable bonds is 8. The predicted octanol–water partition coefficient (Wildman–Crippen LogP) is 1.05. The van der Waals surface area contributed by atoms with Crippen LogP contribution >= 0.6 is 0 Å². The van der Waals surface area contributed by atoms with Crippen molar-refractivity contribution in [3.8, 4) is 0 Å². The van der Waals surface area contributed by atoms with E-state index in [9.17, 15) is 9.59 Å². The van der Waals surface area contributed by atoms with Crippen LogP contribution in [0.3, 0.4) is 0 Å². The standard InChI is InChI=1S/C21H29N5O3/c1-17(26-8-4-7-23-26)21(28)24(2)16-20(27)22-14-18-5-3-6-19(13-18)15-25-9-11-29-12-10-25/h3-8,13,17H,9-12,14-16H2,1-2H3,(H,22,27). The fourth-order valence-electron chi connectivity index (χ4n) is 3.35. The first-order chi connectivity index (χ1) is 14.0. The normalized spacial score (nSPS) is 15.7. The number of amides is 2. The zero-order valence-corrected chi connectivity index (χ0v) is 17.1. The van der Waals surface area contributed by atoms with E-state index < -0.39 is 6.04 Å². The number of benzene rings is 1. The Hall–Kier alpha value is -2.71. The quantitative estimate of drug-likeness (QED) is 0.718. The number of likely N-dealkylation sites (N-methyl/N-ethyl adjacent to an activating group) is 1. The van der Waals surface area contributed by atoms with Crippen LogP contribution in [0.2, 0.25) is 0 Å². The van der Waals surface area contributed by atoms with Crippen LogP contribution in [0.15, 0.2) is 42.7 Å². The van der Waals surface area contributed by atoms with Crippen molar-refractivity contribution in [2.75, 3.05) is 39.9 Å². The van der Waals surface area contributed by atoms with Crippen molar-refractivity contribution in [2.24, 2.45) is 0 Å². The van der Waals surface area contributed by atoms with Crippen LogP contribution in [0, 0.1) is 0 Å². The van der Waals surface area contributed by atoms with Gasteiger partial charge in [-0.25, -0.2) is 0 Å². The Kier molecular flexibility index (Phi) is 7.37. The van der Waals surface area contributed by atoms with E-state index in [0.717, 1.165) is 38.4 Å². The lowest BCUT2D eigenvalue weighted by Gasteiger charge is -2.26. The fraction of sp³-hybridized carbons (Fsp3) is 0.476. The topological polar surface area (TPSA) is 79.7 Å². The molecule has 1 N–H and O–H groups in total. The van der Waals surface area contributed by atoms with E-state index >= 15 is 0 Å². The maximum absolute atomic E-state index is 12.5. The zero-order chi connectivity index (χ0) is 20.6. The highest BCUT2D eigenvalue weighted by Crippen LogP contribution is 2.10. The minimum atomic E-state index is -0.445. The Balaban J connectivity index is 1.46. The van der Waals surface area contributed by atoms with Crippen molar-refractivity contribution in [2.45, 2.75) is 26.1 Å². The van der Waals surface area contributed by atoms with Gasteiger partial charge in [0, 0.05) is 45.6 Å². The van der Waals surface area contributed by atoms with Gasteiger partial charge in [0.25, 0.3) is 0 Å².